The lowest BCUT2D eigenvalue weighted by atomic mass is 10.1. The van der Waals surface area contributed by atoms with Gasteiger partial charge in [0, 0.05) is 29.2 Å². The molecule has 0 fully saturated rings. The molecule has 0 amide bonds. The van der Waals surface area contributed by atoms with Crippen LogP contribution in [0.2, 0.25) is 10.0 Å². The van der Waals surface area contributed by atoms with E-state index in [0.29, 0.717) is 17.5 Å². The molecule has 11 heteroatoms. The smallest absolute Gasteiger partial charge is 0.321 e. The maximum Gasteiger partial charge on any atom is 0.321 e. The number of hydrogen-bond acceptors (Lipinski definition) is 6. The van der Waals surface area contributed by atoms with Crippen LogP contribution in [0.3, 0.4) is 0 Å². The van der Waals surface area contributed by atoms with E-state index < -0.39 is 34.9 Å². The number of ether oxygens (including phenoxy) is 1. The third kappa shape index (κ3) is 5.47. The predicted molar refractivity (Wildman–Crippen MR) is 119 cm³/mol. The van der Waals surface area contributed by atoms with Gasteiger partial charge in [-0.2, -0.15) is 9.98 Å². The van der Waals surface area contributed by atoms with Gasteiger partial charge < -0.3 is 9.30 Å². The molecule has 0 unspecified atom stereocenters. The van der Waals surface area contributed by atoms with Crippen molar-refractivity contribution in [1.82, 2.24) is 9.29 Å². The Morgan fingerprint density at radius 2 is 1.88 bits per heavy atom. The van der Waals surface area contributed by atoms with Gasteiger partial charge in [0.05, 0.1) is 27.4 Å². The molecule has 0 atom stereocenters. The first-order valence-corrected chi connectivity index (χ1v) is 11.5. The summed E-state index contributed by atoms with van der Waals surface area (Å²) in [5, 5.41) is 9.74. The van der Waals surface area contributed by atoms with Crippen molar-refractivity contribution in [3.63, 3.8) is 0 Å². The summed E-state index contributed by atoms with van der Waals surface area (Å²) in [7, 11) is -4.03. The van der Waals surface area contributed by atoms with Crippen LogP contribution >= 0.6 is 23.2 Å². The molecule has 0 saturated carbocycles. The minimum Gasteiger partial charge on any atom is -0.456 e. The van der Waals surface area contributed by atoms with Gasteiger partial charge in [0.2, 0.25) is 15.8 Å². The Morgan fingerprint density at radius 3 is 2.59 bits per heavy atom. The topological polar surface area (TPSA) is 118 Å². The quantitative estimate of drug-likeness (QED) is 0.359. The number of aromatic nitrogens is 1. The molecule has 3 aromatic rings. The lowest BCUT2D eigenvalue weighted by molar-refractivity contribution is -0.141. The zero-order valence-electron chi connectivity index (χ0n) is 16.5. The van der Waals surface area contributed by atoms with E-state index in [9.17, 15) is 18.0 Å². The second-order valence-corrected chi connectivity index (χ2v) is 9.23. The molecule has 166 valence electrons. The van der Waals surface area contributed by atoms with Crippen LogP contribution in [-0.2, 0) is 26.1 Å². The van der Waals surface area contributed by atoms with E-state index in [0.717, 1.165) is 11.6 Å². The van der Waals surface area contributed by atoms with Crippen LogP contribution in [0.1, 0.15) is 16.8 Å². The summed E-state index contributed by atoms with van der Waals surface area (Å²) in [4.78, 5) is 24.5. The van der Waals surface area contributed by atoms with Crippen LogP contribution in [0.4, 0.5) is 0 Å². The molecule has 8 nitrogen and oxygen atoms in total. The summed E-state index contributed by atoms with van der Waals surface area (Å²) < 4.78 is 33.4. The fourth-order valence-corrected chi connectivity index (χ4v) is 4.34. The first-order chi connectivity index (χ1) is 15.2. The average molecular weight is 494 g/mol. The largest absolute Gasteiger partial charge is 0.456 e. The fraction of sp³-hybridized carbons (Fsp3) is 0.190. The van der Waals surface area contributed by atoms with Crippen molar-refractivity contribution in [2.24, 2.45) is 0 Å². The molecular weight excluding hydrogens is 477 g/mol. The van der Waals surface area contributed by atoms with Gasteiger partial charge >= 0.3 is 5.97 Å². The number of carbonyl (C=O) groups is 2. The van der Waals surface area contributed by atoms with Crippen LogP contribution in [-0.4, -0.2) is 37.9 Å². The van der Waals surface area contributed by atoms with Gasteiger partial charge in [0.25, 0.3) is 0 Å². The number of sulfonamides is 1. The Balaban J connectivity index is 1.62. The SMILES string of the molecule is N#CCCn1cc(C(=O)COC(=O)CNS(=O)(=O)c2ccc(Cl)c(Cl)c2)c2ccccc21. The molecule has 0 aliphatic heterocycles. The van der Waals surface area contributed by atoms with Gasteiger partial charge in [-0.15, -0.1) is 0 Å². The highest BCUT2D eigenvalue weighted by Crippen LogP contribution is 2.25. The number of nitrogens with zero attached hydrogens (tertiary/aromatic N) is 2. The summed E-state index contributed by atoms with van der Waals surface area (Å²) in [5.41, 5.74) is 1.13. The van der Waals surface area contributed by atoms with E-state index in [2.05, 4.69) is 10.8 Å². The van der Waals surface area contributed by atoms with E-state index >= 15 is 0 Å². The third-order valence-electron chi connectivity index (χ3n) is 4.53. The molecule has 1 aromatic heterocycles. The van der Waals surface area contributed by atoms with Crippen molar-refractivity contribution >= 4 is 55.9 Å². The highest BCUT2D eigenvalue weighted by atomic mass is 35.5. The Bertz CT molecular complexity index is 1330. The molecule has 1 N–H and O–H groups in total. The summed E-state index contributed by atoms with van der Waals surface area (Å²) >= 11 is 11.6. The third-order valence-corrected chi connectivity index (χ3v) is 6.66. The molecule has 2 aromatic carbocycles. The van der Waals surface area contributed by atoms with Gasteiger partial charge in [-0.3, -0.25) is 9.59 Å². The van der Waals surface area contributed by atoms with Crippen molar-refractivity contribution < 1.29 is 22.7 Å². The summed E-state index contributed by atoms with van der Waals surface area (Å²) in [6.45, 7) is -0.806. The molecule has 0 bridgehead atoms. The van der Waals surface area contributed by atoms with Gasteiger partial charge in [-0.1, -0.05) is 41.4 Å². The molecule has 0 aliphatic carbocycles. The molecule has 32 heavy (non-hydrogen) atoms. The number of ketones is 1. The first-order valence-electron chi connectivity index (χ1n) is 9.31. The van der Waals surface area contributed by atoms with Crippen molar-refractivity contribution in [1.29, 1.82) is 5.26 Å². The molecule has 0 saturated heterocycles. The second kappa shape index (κ2) is 10.1. The van der Waals surface area contributed by atoms with E-state index in [-0.39, 0.29) is 21.4 Å². The maximum atomic E-state index is 12.6. The number of nitrogens with one attached hydrogen (secondary N) is 1. The summed E-state index contributed by atoms with van der Waals surface area (Å²) in [5.74, 6) is -1.37. The molecule has 0 aliphatic rings. The average Bonchev–Trinajstić information content (AvgIpc) is 3.15. The number of para-hydroxylation sites is 1. The Morgan fingerprint density at radius 1 is 1.12 bits per heavy atom. The van der Waals surface area contributed by atoms with E-state index in [4.69, 9.17) is 33.2 Å². The number of rotatable bonds is 9. The number of carbonyl (C=O) groups excluding carboxylic acids is 2. The summed E-state index contributed by atoms with van der Waals surface area (Å²) in [6, 6.07) is 13.0. The molecular formula is C21H17Cl2N3O5S. The molecule has 3 rings (SSSR count). The Kier molecular flexibility index (Phi) is 7.53. The highest BCUT2D eigenvalue weighted by Gasteiger charge is 2.19. The second-order valence-electron chi connectivity index (χ2n) is 6.65. The Hall–Kier alpha value is -2.90. The molecule has 1 heterocycles. The number of nitriles is 1. The standard InChI is InChI=1S/C21H17Cl2N3O5S/c22-17-7-6-14(10-18(17)23)32(29,30)25-11-21(28)31-13-20(27)16-12-26(9-3-8-24)19-5-2-1-4-15(16)19/h1-2,4-7,10,12,25H,3,9,11,13H2. The van der Waals surface area contributed by atoms with Crippen molar-refractivity contribution in [3.05, 3.63) is 64.3 Å². The van der Waals surface area contributed by atoms with Crippen LogP contribution in [0.5, 0.6) is 0 Å². The fourth-order valence-electron chi connectivity index (χ4n) is 2.98. The van der Waals surface area contributed by atoms with Crippen molar-refractivity contribution in [2.45, 2.75) is 17.9 Å². The number of hydrogen-bond donors (Lipinski definition) is 1. The minimum absolute atomic E-state index is 0.0525. The van der Waals surface area contributed by atoms with Gasteiger partial charge in [-0.25, -0.2) is 8.42 Å². The van der Waals surface area contributed by atoms with E-state index in [1.807, 2.05) is 12.1 Å². The lowest BCUT2D eigenvalue weighted by Crippen LogP contribution is -2.31. The predicted octanol–water partition coefficient (Wildman–Crippen LogP) is 3.57. The van der Waals surface area contributed by atoms with Crippen molar-refractivity contribution in [2.75, 3.05) is 13.2 Å². The van der Waals surface area contributed by atoms with Gasteiger partial charge in [0.1, 0.15) is 6.54 Å². The number of benzene rings is 2. The lowest BCUT2D eigenvalue weighted by Gasteiger charge is -2.08. The normalized spacial score (nSPS) is 11.3. The minimum atomic E-state index is -4.03. The number of halogens is 2. The number of fused-ring (bicyclic) bond motifs is 1. The van der Waals surface area contributed by atoms with Crippen LogP contribution in [0.25, 0.3) is 10.9 Å². The Labute approximate surface area is 194 Å². The van der Waals surface area contributed by atoms with Crippen LogP contribution in [0, 0.1) is 11.3 Å². The summed E-state index contributed by atoms with van der Waals surface area (Å²) in [6.07, 6.45) is 1.89. The van der Waals surface area contributed by atoms with Crippen LogP contribution in [0.15, 0.2) is 53.6 Å². The zero-order chi connectivity index (χ0) is 23.3. The number of Topliss-reactive ketones (excluding diaryl/α,β-unsaturated/α-hetero) is 1. The maximum absolute atomic E-state index is 12.6. The zero-order valence-corrected chi connectivity index (χ0v) is 18.9. The molecule has 0 spiro atoms. The van der Waals surface area contributed by atoms with Gasteiger partial charge in [-0.05, 0) is 24.3 Å². The highest BCUT2D eigenvalue weighted by molar-refractivity contribution is 7.89. The molecule has 0 radical (unpaired) electrons. The van der Waals surface area contributed by atoms with Gasteiger partial charge in [0.15, 0.2) is 6.61 Å². The number of aryl methyl sites for hydroxylation is 1. The first kappa shape index (κ1) is 23.8. The van der Waals surface area contributed by atoms with Crippen LogP contribution < -0.4 is 4.72 Å². The monoisotopic (exact) mass is 493 g/mol. The van der Waals surface area contributed by atoms with E-state index in [1.165, 1.54) is 12.1 Å². The number of esters is 1. The van der Waals surface area contributed by atoms with E-state index in [1.54, 1.807) is 22.9 Å². The van der Waals surface area contributed by atoms with Crippen molar-refractivity contribution in [3.8, 4) is 6.07 Å².